The van der Waals surface area contributed by atoms with E-state index in [9.17, 15) is 4.39 Å². The lowest BCUT2D eigenvalue weighted by Gasteiger charge is -2.52. The molecule has 2 aliphatic rings. The van der Waals surface area contributed by atoms with E-state index < -0.39 is 5.82 Å². The summed E-state index contributed by atoms with van der Waals surface area (Å²) >= 11 is 0. The van der Waals surface area contributed by atoms with Gasteiger partial charge in [0.05, 0.1) is 24.5 Å². The topological polar surface area (TPSA) is 73.1 Å². The number of fused-ring (bicyclic) bond motifs is 1. The van der Waals surface area contributed by atoms with Crippen LogP contribution in [0.15, 0.2) is 12.4 Å². The van der Waals surface area contributed by atoms with Crippen LogP contribution in [0.3, 0.4) is 0 Å². The smallest absolute Gasteiger partial charge is 0.223 e. The highest BCUT2D eigenvalue weighted by Gasteiger charge is 2.50. The van der Waals surface area contributed by atoms with Gasteiger partial charge in [0.25, 0.3) is 0 Å². The molecule has 1 aromatic heterocycles. The van der Waals surface area contributed by atoms with Gasteiger partial charge in [-0.05, 0) is 12.8 Å². The molecule has 0 aromatic carbocycles. The summed E-state index contributed by atoms with van der Waals surface area (Å²) in [5.41, 5.74) is 6.08. The number of nitrogens with two attached hydrogens (primary N) is 1. The summed E-state index contributed by atoms with van der Waals surface area (Å²) in [7, 11) is 0. The summed E-state index contributed by atoms with van der Waals surface area (Å²) in [5, 5.41) is 3.12. The van der Waals surface area contributed by atoms with Crippen molar-refractivity contribution < 1.29 is 9.13 Å². The van der Waals surface area contributed by atoms with Crippen molar-refractivity contribution in [2.45, 2.75) is 31.0 Å². The number of nitrogens with zero attached hydrogens (tertiary/aromatic N) is 2. The Morgan fingerprint density at radius 3 is 2.94 bits per heavy atom. The third-order valence-corrected chi connectivity index (χ3v) is 3.59. The molecule has 92 valence electrons. The van der Waals surface area contributed by atoms with Gasteiger partial charge in [0.1, 0.15) is 0 Å². The van der Waals surface area contributed by atoms with Crippen LogP contribution < -0.4 is 11.1 Å². The molecule has 2 fully saturated rings. The molecule has 5 nitrogen and oxygen atoms in total. The van der Waals surface area contributed by atoms with Gasteiger partial charge in [0.2, 0.25) is 5.95 Å². The van der Waals surface area contributed by atoms with E-state index in [0.717, 1.165) is 31.8 Å². The Hall–Kier alpha value is -1.27. The fraction of sp³-hybridized carbons (Fsp3) is 0.636. The van der Waals surface area contributed by atoms with E-state index in [2.05, 4.69) is 15.3 Å². The van der Waals surface area contributed by atoms with Gasteiger partial charge in [0, 0.05) is 18.6 Å². The number of ether oxygens (including phenoxy) is 1. The summed E-state index contributed by atoms with van der Waals surface area (Å²) in [4.78, 5) is 7.73. The van der Waals surface area contributed by atoms with Gasteiger partial charge < -0.3 is 15.8 Å². The van der Waals surface area contributed by atoms with Gasteiger partial charge in [-0.1, -0.05) is 0 Å². The zero-order valence-corrected chi connectivity index (χ0v) is 9.34. The molecule has 0 spiro atoms. The summed E-state index contributed by atoms with van der Waals surface area (Å²) < 4.78 is 18.3. The molecule has 6 heteroatoms. The molecule has 0 radical (unpaired) electrons. The van der Waals surface area contributed by atoms with Crippen LogP contribution in [-0.4, -0.2) is 34.8 Å². The Morgan fingerprint density at radius 2 is 2.18 bits per heavy atom. The van der Waals surface area contributed by atoms with Crippen LogP contribution in [0.2, 0.25) is 0 Å². The number of aromatic nitrogens is 2. The van der Waals surface area contributed by atoms with E-state index >= 15 is 0 Å². The van der Waals surface area contributed by atoms with Crippen molar-refractivity contribution in [1.82, 2.24) is 9.97 Å². The molecule has 3 rings (SSSR count). The van der Waals surface area contributed by atoms with Crippen molar-refractivity contribution >= 4 is 5.95 Å². The van der Waals surface area contributed by atoms with Crippen molar-refractivity contribution in [3.05, 3.63) is 18.2 Å². The second-order valence-electron chi connectivity index (χ2n) is 4.61. The van der Waals surface area contributed by atoms with E-state index in [1.54, 1.807) is 0 Å². The molecule has 1 saturated carbocycles. The maximum Gasteiger partial charge on any atom is 0.223 e. The van der Waals surface area contributed by atoms with Crippen LogP contribution in [0.4, 0.5) is 10.3 Å². The highest BCUT2D eigenvalue weighted by molar-refractivity contribution is 5.30. The molecular formula is C11H15FN4O. The van der Waals surface area contributed by atoms with Gasteiger partial charge in [-0.2, -0.15) is 0 Å². The second-order valence-corrected chi connectivity index (χ2v) is 4.61. The number of halogens is 1. The van der Waals surface area contributed by atoms with Gasteiger partial charge in [-0.3, -0.25) is 0 Å². The maximum atomic E-state index is 12.7. The van der Waals surface area contributed by atoms with E-state index in [1.807, 2.05) is 0 Å². The van der Waals surface area contributed by atoms with Crippen molar-refractivity contribution in [1.29, 1.82) is 0 Å². The molecule has 0 amide bonds. The van der Waals surface area contributed by atoms with Crippen molar-refractivity contribution in [2.75, 3.05) is 11.9 Å². The second kappa shape index (κ2) is 4.19. The molecule has 0 bridgehead atoms. The van der Waals surface area contributed by atoms with Gasteiger partial charge in [0.15, 0.2) is 5.82 Å². The minimum atomic E-state index is -0.444. The predicted octanol–water partition coefficient (Wildman–Crippen LogP) is 0.532. The highest BCUT2D eigenvalue weighted by atomic mass is 19.1. The minimum Gasteiger partial charge on any atom is -0.376 e. The number of hydrogen-bond donors (Lipinski definition) is 2. The lowest BCUT2D eigenvalue weighted by molar-refractivity contribution is -0.104. The number of rotatable bonds is 2. The Labute approximate surface area is 98.6 Å². The quantitative estimate of drug-likeness (QED) is 0.786. The van der Waals surface area contributed by atoms with Crippen LogP contribution in [0.5, 0.6) is 0 Å². The molecule has 1 aromatic rings. The first-order valence-electron chi connectivity index (χ1n) is 5.87. The normalized spacial score (nSPS) is 35.9. The molecule has 1 aliphatic heterocycles. The van der Waals surface area contributed by atoms with Crippen LogP contribution in [-0.2, 0) is 4.74 Å². The van der Waals surface area contributed by atoms with Gasteiger partial charge in [-0.15, -0.1) is 0 Å². The first kappa shape index (κ1) is 10.9. The lowest BCUT2D eigenvalue weighted by atomic mass is 9.69. The summed E-state index contributed by atoms with van der Waals surface area (Å²) in [6.45, 7) is 0.788. The Kier molecular flexibility index (Phi) is 2.68. The molecule has 2 heterocycles. The van der Waals surface area contributed by atoms with Crippen LogP contribution in [0.1, 0.15) is 12.8 Å². The summed E-state index contributed by atoms with van der Waals surface area (Å²) in [6.07, 6.45) is 4.62. The van der Waals surface area contributed by atoms with Crippen molar-refractivity contribution in [2.24, 2.45) is 11.7 Å². The molecule has 17 heavy (non-hydrogen) atoms. The summed E-state index contributed by atoms with van der Waals surface area (Å²) in [6, 6.07) is 0.0970. The van der Waals surface area contributed by atoms with E-state index in [4.69, 9.17) is 10.5 Å². The third kappa shape index (κ3) is 1.87. The lowest BCUT2D eigenvalue weighted by Crippen LogP contribution is -2.69. The highest BCUT2D eigenvalue weighted by Crippen LogP contribution is 2.38. The number of anilines is 1. The SMILES string of the molecule is NC1C2CCCOC2C1Nc1ncc(F)cn1. The van der Waals surface area contributed by atoms with Crippen molar-refractivity contribution in [3.8, 4) is 0 Å². The van der Waals surface area contributed by atoms with E-state index in [-0.39, 0.29) is 18.2 Å². The average Bonchev–Trinajstić information content (AvgIpc) is 2.37. The minimum absolute atomic E-state index is 0.0331. The average molecular weight is 238 g/mol. The van der Waals surface area contributed by atoms with Crippen LogP contribution in [0, 0.1) is 11.7 Å². The molecule has 1 saturated heterocycles. The Morgan fingerprint density at radius 1 is 1.41 bits per heavy atom. The van der Waals surface area contributed by atoms with E-state index in [0.29, 0.717) is 11.9 Å². The zero-order valence-electron chi connectivity index (χ0n) is 9.34. The van der Waals surface area contributed by atoms with E-state index in [1.165, 1.54) is 0 Å². The molecular weight excluding hydrogens is 223 g/mol. The monoisotopic (exact) mass is 238 g/mol. The molecule has 1 aliphatic carbocycles. The largest absolute Gasteiger partial charge is 0.376 e. The first-order chi connectivity index (χ1) is 8.25. The van der Waals surface area contributed by atoms with Crippen LogP contribution >= 0.6 is 0 Å². The molecule has 4 unspecified atom stereocenters. The van der Waals surface area contributed by atoms with Crippen LogP contribution in [0.25, 0.3) is 0 Å². The standard InChI is InChI=1S/C11H15FN4O/c12-6-4-14-11(15-5-6)16-9-8(13)7-2-1-3-17-10(7)9/h4-5,7-10H,1-3,13H2,(H,14,15,16). The zero-order chi connectivity index (χ0) is 11.8. The van der Waals surface area contributed by atoms with Crippen molar-refractivity contribution in [3.63, 3.8) is 0 Å². The molecule has 4 atom stereocenters. The number of nitrogens with one attached hydrogen (secondary N) is 1. The van der Waals surface area contributed by atoms with Gasteiger partial charge in [-0.25, -0.2) is 14.4 Å². The van der Waals surface area contributed by atoms with Gasteiger partial charge >= 0.3 is 0 Å². The predicted molar refractivity (Wildman–Crippen MR) is 59.8 cm³/mol. The number of hydrogen-bond acceptors (Lipinski definition) is 5. The first-order valence-corrected chi connectivity index (χ1v) is 5.87. The fourth-order valence-corrected chi connectivity index (χ4v) is 2.66. The Balaban J connectivity index is 1.67. The summed E-state index contributed by atoms with van der Waals surface area (Å²) in [5.74, 6) is 0.390. The Bertz CT molecular complexity index is 399. The third-order valence-electron chi connectivity index (χ3n) is 3.59. The molecule has 3 N–H and O–H groups in total. The fourth-order valence-electron chi connectivity index (χ4n) is 2.66. The maximum absolute atomic E-state index is 12.7.